The molecule has 0 aromatic rings. The van der Waals surface area contributed by atoms with E-state index in [1.807, 2.05) is 11.9 Å². The van der Waals surface area contributed by atoms with E-state index in [0.717, 1.165) is 13.1 Å². The predicted octanol–water partition coefficient (Wildman–Crippen LogP) is -1.94. The largest absolute Gasteiger partial charge is 1.00 e. The molecule has 3 heteroatoms. The van der Waals surface area contributed by atoms with Crippen LogP contribution in [-0.2, 0) is 0 Å². The topological polar surface area (TPSA) is 6.48 Å². The van der Waals surface area contributed by atoms with Crippen LogP contribution in [-0.4, -0.2) is 43.5 Å². The Morgan fingerprint density at radius 2 is 1.73 bits per heavy atom. The molecule has 0 fully saturated rings. The van der Waals surface area contributed by atoms with Crippen LogP contribution in [0.4, 0.5) is 0 Å². The van der Waals surface area contributed by atoms with Gasteiger partial charge in [-0.15, -0.1) is 0 Å². The van der Waals surface area contributed by atoms with Crippen LogP contribution in [0.3, 0.4) is 0 Å². The second-order valence-electron chi connectivity index (χ2n) is 2.83. The second kappa shape index (κ2) is 9.64. The molecule has 2 nitrogen and oxygen atoms in total. The summed E-state index contributed by atoms with van der Waals surface area (Å²) in [6.07, 6.45) is 1.21. The molecule has 0 bridgehead atoms. The molecule has 0 saturated carbocycles. The van der Waals surface area contributed by atoms with Gasteiger partial charge < -0.3 is 9.80 Å². The van der Waals surface area contributed by atoms with E-state index >= 15 is 0 Å². The zero-order chi connectivity index (χ0) is 7.98. The Hall–Kier alpha value is 1.56. The molecule has 0 rings (SSSR count). The van der Waals surface area contributed by atoms with Gasteiger partial charge in [0.25, 0.3) is 0 Å². The molecule has 0 aliphatic rings. The molecular formula is C8H19KN2. The monoisotopic (exact) mass is 182 g/mol. The quantitative estimate of drug-likeness (QED) is 0.360. The standard InChI is InChI=1S/C8H19N2.K/c1-5-10(4)8-6-7-9(2)3;/h2,5-8H2,1,3-4H3;/q-1;+1. The summed E-state index contributed by atoms with van der Waals surface area (Å²) in [6, 6.07) is 0. The van der Waals surface area contributed by atoms with E-state index in [-0.39, 0.29) is 51.4 Å². The second-order valence-corrected chi connectivity index (χ2v) is 2.83. The minimum Gasteiger partial charge on any atom is -0.462 e. The van der Waals surface area contributed by atoms with Crippen molar-refractivity contribution < 1.29 is 51.4 Å². The van der Waals surface area contributed by atoms with E-state index < -0.39 is 0 Å². The van der Waals surface area contributed by atoms with Crippen LogP contribution < -0.4 is 51.4 Å². The fourth-order valence-corrected chi connectivity index (χ4v) is 0.769. The molecule has 0 N–H and O–H groups in total. The maximum absolute atomic E-state index is 3.78. The maximum Gasteiger partial charge on any atom is 1.00 e. The summed E-state index contributed by atoms with van der Waals surface area (Å²) >= 11 is 0. The Morgan fingerprint density at radius 3 is 2.09 bits per heavy atom. The zero-order valence-corrected chi connectivity index (χ0v) is 11.6. The molecule has 11 heavy (non-hydrogen) atoms. The molecular weight excluding hydrogens is 163 g/mol. The molecule has 0 aromatic heterocycles. The van der Waals surface area contributed by atoms with E-state index in [1.165, 1.54) is 13.0 Å². The Balaban J connectivity index is 0. The van der Waals surface area contributed by atoms with Gasteiger partial charge in [0.1, 0.15) is 0 Å². The van der Waals surface area contributed by atoms with Gasteiger partial charge in [-0.1, -0.05) is 6.92 Å². The normalized spacial score (nSPS) is 10.4. The van der Waals surface area contributed by atoms with Crippen LogP contribution in [0.2, 0.25) is 0 Å². The van der Waals surface area contributed by atoms with Gasteiger partial charge in [0, 0.05) is 0 Å². The molecule has 0 spiro atoms. The van der Waals surface area contributed by atoms with Gasteiger partial charge in [-0.25, -0.2) is 0 Å². The summed E-state index contributed by atoms with van der Waals surface area (Å²) in [7, 11) is 7.92. The number of nitrogens with zero attached hydrogens (tertiary/aromatic N) is 2. The molecule has 0 aromatic carbocycles. The van der Waals surface area contributed by atoms with Crippen LogP contribution in [0, 0.1) is 7.05 Å². The van der Waals surface area contributed by atoms with E-state index in [0.29, 0.717) is 0 Å². The number of hydrogen-bond acceptors (Lipinski definition) is 2. The van der Waals surface area contributed by atoms with Crippen molar-refractivity contribution in [3.63, 3.8) is 0 Å². The van der Waals surface area contributed by atoms with Crippen LogP contribution in [0.1, 0.15) is 13.3 Å². The Kier molecular flexibility index (Phi) is 13.2. The third-order valence-corrected chi connectivity index (χ3v) is 1.62. The Bertz CT molecular complexity index is 76.5. The molecule has 0 unspecified atom stereocenters. The third kappa shape index (κ3) is 11.6. The molecule has 0 saturated heterocycles. The van der Waals surface area contributed by atoms with Gasteiger partial charge in [0.15, 0.2) is 0 Å². The Morgan fingerprint density at radius 1 is 1.18 bits per heavy atom. The van der Waals surface area contributed by atoms with Gasteiger partial charge in [-0.05, 0) is 40.2 Å². The minimum atomic E-state index is 0. The zero-order valence-electron chi connectivity index (χ0n) is 8.43. The van der Waals surface area contributed by atoms with Gasteiger partial charge in [-0.2, -0.15) is 0 Å². The van der Waals surface area contributed by atoms with E-state index in [9.17, 15) is 0 Å². The van der Waals surface area contributed by atoms with Gasteiger partial charge in [0.05, 0.1) is 0 Å². The predicted molar refractivity (Wildman–Crippen MR) is 45.8 cm³/mol. The number of hydrogen-bond donors (Lipinski definition) is 0. The summed E-state index contributed by atoms with van der Waals surface area (Å²) in [5.74, 6) is 0. The first kappa shape index (κ1) is 15.0. The van der Waals surface area contributed by atoms with E-state index in [2.05, 4.69) is 25.9 Å². The molecule has 0 atom stereocenters. The average Bonchev–Trinajstić information content (AvgIpc) is 1.87. The third-order valence-electron chi connectivity index (χ3n) is 1.62. The summed E-state index contributed by atoms with van der Waals surface area (Å²) < 4.78 is 0. The molecule has 0 amide bonds. The van der Waals surface area contributed by atoms with Crippen molar-refractivity contribution in [2.45, 2.75) is 13.3 Å². The molecule has 0 radical (unpaired) electrons. The van der Waals surface area contributed by atoms with Crippen LogP contribution >= 0.6 is 0 Å². The average molecular weight is 182 g/mol. The molecule has 62 valence electrons. The summed E-state index contributed by atoms with van der Waals surface area (Å²) in [5.41, 5.74) is 0. The fraction of sp³-hybridized carbons (Fsp3) is 0.875. The van der Waals surface area contributed by atoms with Crippen molar-refractivity contribution in [2.24, 2.45) is 0 Å². The van der Waals surface area contributed by atoms with Crippen molar-refractivity contribution >= 4 is 0 Å². The SMILES string of the molecule is [CH2-]N(C)CCCN(C)CC.[K+]. The van der Waals surface area contributed by atoms with Crippen molar-refractivity contribution in [3.8, 4) is 0 Å². The maximum atomic E-state index is 3.78. The van der Waals surface area contributed by atoms with Crippen molar-refractivity contribution in [2.75, 3.05) is 33.7 Å². The fourth-order valence-electron chi connectivity index (χ4n) is 0.769. The summed E-state index contributed by atoms with van der Waals surface area (Å²) in [4.78, 5) is 4.28. The van der Waals surface area contributed by atoms with Crippen LogP contribution in [0.25, 0.3) is 0 Å². The first-order chi connectivity index (χ1) is 4.66. The molecule has 0 aliphatic carbocycles. The molecule has 0 aliphatic heterocycles. The van der Waals surface area contributed by atoms with Gasteiger partial charge >= 0.3 is 51.4 Å². The van der Waals surface area contributed by atoms with Crippen molar-refractivity contribution in [1.29, 1.82) is 0 Å². The summed E-state index contributed by atoms with van der Waals surface area (Å²) in [5, 5.41) is 0. The van der Waals surface area contributed by atoms with Crippen molar-refractivity contribution in [3.05, 3.63) is 7.05 Å². The van der Waals surface area contributed by atoms with Gasteiger partial charge in [-0.3, -0.25) is 7.05 Å². The van der Waals surface area contributed by atoms with E-state index in [1.54, 1.807) is 0 Å². The summed E-state index contributed by atoms with van der Waals surface area (Å²) in [6.45, 7) is 5.58. The van der Waals surface area contributed by atoms with Gasteiger partial charge in [0.2, 0.25) is 0 Å². The Labute approximate surface area is 114 Å². The number of rotatable bonds is 5. The smallest absolute Gasteiger partial charge is 0.462 e. The van der Waals surface area contributed by atoms with Crippen LogP contribution in [0.15, 0.2) is 0 Å². The van der Waals surface area contributed by atoms with Crippen molar-refractivity contribution in [1.82, 2.24) is 9.80 Å². The molecule has 0 heterocycles. The first-order valence-corrected chi connectivity index (χ1v) is 3.87. The first-order valence-electron chi connectivity index (χ1n) is 3.87. The van der Waals surface area contributed by atoms with E-state index in [4.69, 9.17) is 0 Å². The van der Waals surface area contributed by atoms with Crippen LogP contribution in [0.5, 0.6) is 0 Å². The minimum absolute atomic E-state index is 0.